The molecule has 1 N–H and O–H groups in total. The number of benzene rings is 3. The Morgan fingerprint density at radius 2 is 1.53 bits per heavy atom. The zero-order chi connectivity index (χ0) is 20.9. The van der Waals surface area contributed by atoms with E-state index < -0.39 is 6.04 Å². The van der Waals surface area contributed by atoms with Gasteiger partial charge in [-0.15, -0.1) is 0 Å². The molecule has 152 valence electrons. The largest absolute Gasteiger partial charge is 0.354 e. The van der Waals surface area contributed by atoms with Gasteiger partial charge in [-0.05, 0) is 29.2 Å². The van der Waals surface area contributed by atoms with E-state index in [-0.39, 0.29) is 5.91 Å². The van der Waals surface area contributed by atoms with E-state index in [1.165, 1.54) is 5.56 Å². The zero-order valence-corrected chi connectivity index (χ0v) is 17.5. The van der Waals surface area contributed by atoms with Crippen LogP contribution in [-0.2, 0) is 11.2 Å². The average Bonchev–Trinajstić information content (AvgIpc) is 3.12. The van der Waals surface area contributed by atoms with Crippen molar-refractivity contribution < 1.29 is 4.79 Å². The number of nitrogens with zero attached hydrogens (tertiary/aromatic N) is 2. The van der Waals surface area contributed by atoms with Crippen LogP contribution in [0.1, 0.15) is 36.8 Å². The van der Waals surface area contributed by atoms with Crippen molar-refractivity contribution in [1.29, 1.82) is 0 Å². The number of fused-ring (bicyclic) bond motifs is 1. The van der Waals surface area contributed by atoms with Gasteiger partial charge in [0.1, 0.15) is 11.9 Å². The molecule has 4 rings (SSSR count). The maximum absolute atomic E-state index is 13.4. The normalized spacial score (nSPS) is 12.2. The molecule has 4 aromatic rings. The first kappa shape index (κ1) is 19.9. The van der Waals surface area contributed by atoms with Crippen LogP contribution in [0, 0.1) is 5.92 Å². The van der Waals surface area contributed by atoms with E-state index in [4.69, 9.17) is 4.98 Å². The number of para-hydroxylation sites is 2. The number of imidazole rings is 1. The molecule has 0 unspecified atom stereocenters. The van der Waals surface area contributed by atoms with Crippen LogP contribution in [0.3, 0.4) is 0 Å². The van der Waals surface area contributed by atoms with Gasteiger partial charge in [-0.3, -0.25) is 4.79 Å². The molecule has 0 saturated heterocycles. The molecule has 1 heterocycles. The fraction of sp³-hybridized carbons (Fsp3) is 0.231. The molecule has 3 aromatic carbocycles. The molecule has 1 aromatic heterocycles. The molecule has 0 aliphatic rings. The van der Waals surface area contributed by atoms with Crippen LogP contribution in [0.2, 0.25) is 0 Å². The summed E-state index contributed by atoms with van der Waals surface area (Å²) in [7, 11) is 0. The molecule has 1 amide bonds. The van der Waals surface area contributed by atoms with Gasteiger partial charge in [-0.1, -0.05) is 86.6 Å². The topological polar surface area (TPSA) is 46.9 Å². The van der Waals surface area contributed by atoms with E-state index in [2.05, 4.69) is 35.9 Å². The number of amides is 1. The van der Waals surface area contributed by atoms with Crippen molar-refractivity contribution in [3.63, 3.8) is 0 Å². The Bertz CT molecular complexity index is 1120. The van der Waals surface area contributed by atoms with E-state index in [1.807, 2.05) is 72.8 Å². The lowest BCUT2D eigenvalue weighted by Gasteiger charge is -2.22. The highest BCUT2D eigenvalue weighted by molar-refractivity contribution is 5.87. The molecule has 0 radical (unpaired) electrons. The Balaban J connectivity index is 1.85. The molecular weight excluding hydrogens is 370 g/mol. The maximum atomic E-state index is 13.4. The molecule has 0 spiro atoms. The third-order valence-corrected chi connectivity index (χ3v) is 5.18. The summed E-state index contributed by atoms with van der Waals surface area (Å²) in [6, 6.07) is 27.8. The summed E-state index contributed by atoms with van der Waals surface area (Å²) in [4.78, 5) is 18.4. The van der Waals surface area contributed by atoms with Crippen LogP contribution in [0.4, 0.5) is 0 Å². The van der Waals surface area contributed by atoms with Gasteiger partial charge in [0.2, 0.25) is 5.91 Å². The number of aromatic nitrogens is 2. The van der Waals surface area contributed by atoms with E-state index in [1.54, 1.807) is 0 Å². The quantitative estimate of drug-likeness (QED) is 0.478. The van der Waals surface area contributed by atoms with Gasteiger partial charge in [0.05, 0.1) is 11.0 Å². The van der Waals surface area contributed by atoms with E-state index in [0.717, 1.165) is 22.4 Å². The zero-order valence-electron chi connectivity index (χ0n) is 17.5. The smallest absolute Gasteiger partial charge is 0.247 e. The van der Waals surface area contributed by atoms with Gasteiger partial charge in [0.15, 0.2) is 0 Å². The van der Waals surface area contributed by atoms with E-state index >= 15 is 0 Å². The van der Waals surface area contributed by atoms with Crippen LogP contribution in [0.25, 0.3) is 11.0 Å². The first-order valence-electron chi connectivity index (χ1n) is 10.5. The number of rotatable bonds is 7. The van der Waals surface area contributed by atoms with Crippen LogP contribution in [0.15, 0.2) is 84.9 Å². The Morgan fingerprint density at radius 3 is 2.23 bits per heavy atom. The van der Waals surface area contributed by atoms with Crippen molar-refractivity contribution in [1.82, 2.24) is 14.9 Å². The van der Waals surface area contributed by atoms with Gasteiger partial charge in [0.25, 0.3) is 0 Å². The highest BCUT2D eigenvalue weighted by Crippen LogP contribution is 2.28. The fourth-order valence-corrected chi connectivity index (χ4v) is 3.74. The van der Waals surface area contributed by atoms with Crippen LogP contribution < -0.4 is 5.32 Å². The van der Waals surface area contributed by atoms with Crippen molar-refractivity contribution in [2.45, 2.75) is 26.3 Å². The molecular formula is C26H27N3O. The third kappa shape index (κ3) is 4.28. The van der Waals surface area contributed by atoms with Crippen molar-refractivity contribution in [2.75, 3.05) is 6.54 Å². The molecule has 0 bridgehead atoms. The summed E-state index contributed by atoms with van der Waals surface area (Å²) >= 11 is 0. The first-order chi connectivity index (χ1) is 14.6. The number of nitrogens with one attached hydrogen (secondary N) is 1. The summed E-state index contributed by atoms with van der Waals surface area (Å²) in [6.07, 6.45) is 0.663. The average molecular weight is 398 g/mol. The van der Waals surface area contributed by atoms with Gasteiger partial charge in [-0.2, -0.15) is 0 Å². The second-order valence-corrected chi connectivity index (χ2v) is 8.00. The highest BCUT2D eigenvalue weighted by atomic mass is 16.2. The predicted octanol–water partition coefficient (Wildman–Crippen LogP) is 4.99. The lowest BCUT2D eigenvalue weighted by molar-refractivity contribution is -0.123. The number of hydrogen-bond donors (Lipinski definition) is 1. The number of carbonyl (C=O) groups is 1. The lowest BCUT2D eigenvalue weighted by atomic mass is 10.0. The molecule has 0 fully saturated rings. The lowest BCUT2D eigenvalue weighted by Crippen LogP contribution is -2.36. The molecule has 0 saturated carbocycles. The van der Waals surface area contributed by atoms with Crippen molar-refractivity contribution in [3.8, 4) is 0 Å². The minimum atomic E-state index is -0.476. The molecule has 0 aliphatic carbocycles. The van der Waals surface area contributed by atoms with Gasteiger partial charge >= 0.3 is 0 Å². The second kappa shape index (κ2) is 8.95. The predicted molar refractivity (Wildman–Crippen MR) is 121 cm³/mol. The summed E-state index contributed by atoms with van der Waals surface area (Å²) in [6.45, 7) is 4.85. The van der Waals surface area contributed by atoms with Gasteiger partial charge < -0.3 is 9.88 Å². The summed E-state index contributed by atoms with van der Waals surface area (Å²) in [5.41, 5.74) is 4.00. The first-order valence-corrected chi connectivity index (χ1v) is 10.5. The summed E-state index contributed by atoms with van der Waals surface area (Å²) in [5, 5.41) is 3.14. The molecule has 4 nitrogen and oxygen atoms in total. The van der Waals surface area contributed by atoms with Gasteiger partial charge in [0, 0.05) is 13.0 Å². The van der Waals surface area contributed by atoms with E-state index in [0.29, 0.717) is 18.9 Å². The minimum Gasteiger partial charge on any atom is -0.354 e. The van der Waals surface area contributed by atoms with E-state index in [9.17, 15) is 4.79 Å². The highest BCUT2D eigenvalue weighted by Gasteiger charge is 2.27. The van der Waals surface area contributed by atoms with Gasteiger partial charge in [-0.25, -0.2) is 4.98 Å². The summed E-state index contributed by atoms with van der Waals surface area (Å²) in [5.74, 6) is 1.26. The maximum Gasteiger partial charge on any atom is 0.247 e. The Morgan fingerprint density at radius 1 is 0.900 bits per heavy atom. The van der Waals surface area contributed by atoms with Crippen LogP contribution >= 0.6 is 0 Å². The molecule has 30 heavy (non-hydrogen) atoms. The Labute approximate surface area is 177 Å². The minimum absolute atomic E-state index is 0.00707. The monoisotopic (exact) mass is 397 g/mol. The van der Waals surface area contributed by atoms with Crippen LogP contribution in [-0.4, -0.2) is 22.0 Å². The Kier molecular flexibility index (Phi) is 5.94. The number of carbonyl (C=O) groups excluding carboxylic acids is 1. The fourth-order valence-electron chi connectivity index (χ4n) is 3.74. The molecule has 4 heteroatoms. The number of hydrogen-bond acceptors (Lipinski definition) is 2. The summed E-state index contributed by atoms with van der Waals surface area (Å²) < 4.78 is 2.10. The Hall–Kier alpha value is -3.40. The second-order valence-electron chi connectivity index (χ2n) is 8.00. The third-order valence-electron chi connectivity index (χ3n) is 5.18. The molecule has 0 aliphatic heterocycles. The van der Waals surface area contributed by atoms with Crippen molar-refractivity contribution >= 4 is 16.9 Å². The van der Waals surface area contributed by atoms with Crippen LogP contribution in [0.5, 0.6) is 0 Å². The van der Waals surface area contributed by atoms with Crippen molar-refractivity contribution in [2.24, 2.45) is 5.92 Å². The van der Waals surface area contributed by atoms with Crippen molar-refractivity contribution in [3.05, 3.63) is 102 Å². The standard InChI is InChI=1S/C26H27N3O/c1-19(2)18-27-26(30)25(21-13-7-4-8-14-21)29-23-16-10-9-15-22(23)28-24(29)17-20-11-5-3-6-12-20/h3-16,19,25H,17-18H2,1-2H3,(H,27,30)/t25-/m0/s1. The molecule has 1 atom stereocenters. The SMILES string of the molecule is CC(C)CNC(=O)[C@H](c1ccccc1)n1c(Cc2ccccc2)nc2ccccc21.